The van der Waals surface area contributed by atoms with Crippen molar-refractivity contribution in [3.05, 3.63) is 48.3 Å². The van der Waals surface area contributed by atoms with E-state index in [9.17, 15) is 0 Å². The van der Waals surface area contributed by atoms with Gasteiger partial charge < -0.3 is 4.52 Å². The minimum atomic E-state index is 0.590. The van der Waals surface area contributed by atoms with Crippen LogP contribution in [0.15, 0.2) is 47.0 Å². The molecular weight excluding hydrogens is 212 g/mol. The van der Waals surface area contributed by atoms with Crippen molar-refractivity contribution in [3.8, 4) is 11.5 Å². The first-order valence-corrected chi connectivity index (χ1v) is 5.68. The highest BCUT2D eigenvalue weighted by atomic mass is 16.5. The summed E-state index contributed by atoms with van der Waals surface area (Å²) in [5, 5.41) is 6.30. The molecule has 3 nitrogen and oxygen atoms in total. The smallest absolute Gasteiger partial charge is 0.257 e. The van der Waals surface area contributed by atoms with Crippen LogP contribution in [0.2, 0.25) is 0 Å². The molecule has 84 valence electrons. The summed E-state index contributed by atoms with van der Waals surface area (Å²) in [7, 11) is 0. The molecule has 0 bridgehead atoms. The zero-order valence-electron chi connectivity index (χ0n) is 9.55. The van der Waals surface area contributed by atoms with Gasteiger partial charge in [-0.3, -0.25) is 0 Å². The third kappa shape index (κ3) is 1.80. The van der Waals surface area contributed by atoms with E-state index in [1.165, 1.54) is 10.8 Å². The van der Waals surface area contributed by atoms with Crippen LogP contribution >= 0.6 is 0 Å². The summed E-state index contributed by atoms with van der Waals surface area (Å²) < 4.78 is 5.23. The molecule has 0 aliphatic carbocycles. The summed E-state index contributed by atoms with van der Waals surface area (Å²) in [4.78, 5) is 4.33. The molecule has 17 heavy (non-hydrogen) atoms. The zero-order chi connectivity index (χ0) is 11.7. The van der Waals surface area contributed by atoms with Crippen molar-refractivity contribution in [2.45, 2.75) is 13.3 Å². The maximum absolute atomic E-state index is 5.23. The van der Waals surface area contributed by atoms with E-state index in [1.54, 1.807) is 0 Å². The van der Waals surface area contributed by atoms with Gasteiger partial charge in [0.2, 0.25) is 0 Å². The number of aryl methyl sites for hydroxylation is 1. The van der Waals surface area contributed by atoms with Crippen molar-refractivity contribution in [1.82, 2.24) is 10.1 Å². The lowest BCUT2D eigenvalue weighted by molar-refractivity contribution is 0.423. The van der Waals surface area contributed by atoms with Crippen LogP contribution < -0.4 is 0 Å². The third-order valence-corrected chi connectivity index (χ3v) is 2.78. The second kappa shape index (κ2) is 4.01. The van der Waals surface area contributed by atoms with Gasteiger partial charge in [0.1, 0.15) is 0 Å². The number of aromatic nitrogens is 2. The Morgan fingerprint density at radius 1 is 1.06 bits per heavy atom. The summed E-state index contributed by atoms with van der Waals surface area (Å²) in [6.45, 7) is 2.01. The van der Waals surface area contributed by atoms with Gasteiger partial charge in [0.05, 0.1) is 0 Å². The lowest BCUT2D eigenvalue weighted by Crippen LogP contribution is -1.82. The molecule has 2 aromatic carbocycles. The number of hydrogen-bond donors (Lipinski definition) is 0. The molecule has 1 heterocycles. The Hall–Kier alpha value is -2.16. The molecule has 0 saturated carbocycles. The average Bonchev–Trinajstić information content (AvgIpc) is 2.87. The third-order valence-electron chi connectivity index (χ3n) is 2.78. The van der Waals surface area contributed by atoms with E-state index in [0.29, 0.717) is 5.89 Å². The Labute approximate surface area is 99.1 Å². The fourth-order valence-corrected chi connectivity index (χ4v) is 1.84. The number of benzene rings is 2. The van der Waals surface area contributed by atoms with Crippen molar-refractivity contribution in [2.75, 3.05) is 0 Å². The van der Waals surface area contributed by atoms with Gasteiger partial charge in [0, 0.05) is 12.0 Å². The molecular formula is C14H12N2O. The van der Waals surface area contributed by atoms with Crippen LogP contribution in [-0.2, 0) is 6.42 Å². The molecule has 3 heteroatoms. The lowest BCUT2D eigenvalue weighted by Gasteiger charge is -1.98. The van der Waals surface area contributed by atoms with Gasteiger partial charge in [-0.15, -0.1) is 0 Å². The van der Waals surface area contributed by atoms with Crippen LogP contribution in [0.3, 0.4) is 0 Å². The molecule has 0 spiro atoms. The van der Waals surface area contributed by atoms with E-state index in [-0.39, 0.29) is 0 Å². The van der Waals surface area contributed by atoms with Crippen molar-refractivity contribution < 1.29 is 4.52 Å². The second-order valence-corrected chi connectivity index (χ2v) is 3.93. The van der Waals surface area contributed by atoms with E-state index >= 15 is 0 Å². The highest BCUT2D eigenvalue weighted by molar-refractivity contribution is 5.86. The molecule has 1 aromatic heterocycles. The van der Waals surface area contributed by atoms with Gasteiger partial charge in [-0.05, 0) is 22.9 Å². The summed E-state index contributed by atoms with van der Waals surface area (Å²) in [5.74, 6) is 1.33. The quantitative estimate of drug-likeness (QED) is 0.669. The van der Waals surface area contributed by atoms with Gasteiger partial charge in [0.25, 0.3) is 5.89 Å². The number of nitrogens with zero attached hydrogens (tertiary/aromatic N) is 2. The monoisotopic (exact) mass is 224 g/mol. The highest BCUT2D eigenvalue weighted by Crippen LogP contribution is 2.23. The summed E-state index contributed by atoms with van der Waals surface area (Å²) >= 11 is 0. The van der Waals surface area contributed by atoms with Crippen LogP contribution in [0.5, 0.6) is 0 Å². The van der Waals surface area contributed by atoms with E-state index in [1.807, 2.05) is 25.1 Å². The van der Waals surface area contributed by atoms with Crippen LogP contribution in [0, 0.1) is 0 Å². The molecule has 0 N–H and O–H groups in total. The second-order valence-electron chi connectivity index (χ2n) is 3.93. The predicted octanol–water partition coefficient (Wildman–Crippen LogP) is 3.45. The van der Waals surface area contributed by atoms with Crippen molar-refractivity contribution in [2.24, 2.45) is 0 Å². The van der Waals surface area contributed by atoms with Crippen molar-refractivity contribution in [1.29, 1.82) is 0 Å². The van der Waals surface area contributed by atoms with E-state index in [4.69, 9.17) is 4.52 Å². The van der Waals surface area contributed by atoms with E-state index in [0.717, 1.165) is 17.8 Å². The van der Waals surface area contributed by atoms with Gasteiger partial charge in [-0.2, -0.15) is 4.98 Å². The number of rotatable bonds is 2. The van der Waals surface area contributed by atoms with Crippen LogP contribution in [-0.4, -0.2) is 10.1 Å². The van der Waals surface area contributed by atoms with Gasteiger partial charge >= 0.3 is 0 Å². The van der Waals surface area contributed by atoms with Crippen LogP contribution in [0.1, 0.15) is 12.7 Å². The summed E-state index contributed by atoms with van der Waals surface area (Å²) in [5.41, 5.74) is 0.968. The van der Waals surface area contributed by atoms with Gasteiger partial charge in [-0.1, -0.05) is 42.4 Å². The van der Waals surface area contributed by atoms with Crippen molar-refractivity contribution >= 4 is 10.8 Å². The maximum atomic E-state index is 5.23. The fourth-order valence-electron chi connectivity index (χ4n) is 1.84. The molecule has 0 aliphatic heterocycles. The Kier molecular flexibility index (Phi) is 2.37. The number of hydrogen-bond acceptors (Lipinski definition) is 3. The van der Waals surface area contributed by atoms with Crippen LogP contribution in [0.25, 0.3) is 22.2 Å². The molecule has 3 aromatic rings. The van der Waals surface area contributed by atoms with Crippen molar-refractivity contribution in [3.63, 3.8) is 0 Å². The molecule has 0 unspecified atom stereocenters. The largest absolute Gasteiger partial charge is 0.334 e. The molecule has 0 saturated heterocycles. The Bertz CT molecular complexity index is 658. The lowest BCUT2D eigenvalue weighted by atomic mass is 10.1. The fraction of sp³-hybridized carbons (Fsp3) is 0.143. The van der Waals surface area contributed by atoms with Gasteiger partial charge in [-0.25, -0.2) is 0 Å². The highest BCUT2D eigenvalue weighted by Gasteiger charge is 2.07. The molecule has 3 rings (SSSR count). The first kappa shape index (κ1) is 10.0. The average molecular weight is 224 g/mol. The van der Waals surface area contributed by atoms with E-state index < -0.39 is 0 Å². The van der Waals surface area contributed by atoms with Gasteiger partial charge in [0.15, 0.2) is 5.82 Å². The minimum absolute atomic E-state index is 0.590. The molecule has 0 radical (unpaired) electrons. The standard InChI is InChI=1S/C14H12N2O/c1-2-13-15-14(17-16-13)12-8-7-10-5-3-4-6-11(10)9-12/h3-9H,2H2,1H3. The normalized spacial score (nSPS) is 10.9. The molecule has 0 amide bonds. The first-order valence-electron chi connectivity index (χ1n) is 5.68. The summed E-state index contributed by atoms with van der Waals surface area (Å²) in [6.07, 6.45) is 0.789. The SMILES string of the molecule is CCc1noc(-c2ccc3ccccc3c2)n1. The maximum Gasteiger partial charge on any atom is 0.257 e. The predicted molar refractivity (Wildman–Crippen MR) is 66.6 cm³/mol. The van der Waals surface area contributed by atoms with E-state index in [2.05, 4.69) is 34.4 Å². The summed E-state index contributed by atoms with van der Waals surface area (Å²) in [6, 6.07) is 14.4. The molecule has 0 atom stereocenters. The Morgan fingerprint density at radius 2 is 1.88 bits per heavy atom. The zero-order valence-corrected chi connectivity index (χ0v) is 9.55. The van der Waals surface area contributed by atoms with Crippen LogP contribution in [0.4, 0.5) is 0 Å². The number of fused-ring (bicyclic) bond motifs is 1. The Balaban J connectivity index is 2.11. The molecule has 0 aliphatic rings. The molecule has 0 fully saturated rings. The topological polar surface area (TPSA) is 38.9 Å². The first-order chi connectivity index (χ1) is 8.36. The Morgan fingerprint density at radius 3 is 2.65 bits per heavy atom. The minimum Gasteiger partial charge on any atom is -0.334 e.